The molecule has 0 saturated heterocycles. The third-order valence-electron chi connectivity index (χ3n) is 3.26. The number of hydrogen-bond donors (Lipinski definition) is 3. The highest BCUT2D eigenvalue weighted by Crippen LogP contribution is 2.14. The topological polar surface area (TPSA) is 92.4 Å². The van der Waals surface area contributed by atoms with Crippen molar-refractivity contribution in [1.82, 2.24) is 5.32 Å². The average molecular weight is 272 g/mol. The molecule has 0 aliphatic heterocycles. The van der Waals surface area contributed by atoms with Crippen LogP contribution in [0, 0.1) is 11.8 Å². The van der Waals surface area contributed by atoms with E-state index in [0.717, 1.165) is 12.8 Å². The number of amides is 1. The number of carboxylic acid groups (broad SMARTS) is 1. The highest BCUT2D eigenvalue weighted by molar-refractivity contribution is 5.81. The number of nitrogens with one attached hydrogen (secondary N) is 1. The van der Waals surface area contributed by atoms with Gasteiger partial charge in [-0.1, -0.05) is 27.2 Å². The van der Waals surface area contributed by atoms with Crippen LogP contribution in [0.4, 0.5) is 0 Å². The molecule has 0 aliphatic carbocycles. The van der Waals surface area contributed by atoms with Crippen LogP contribution in [-0.4, -0.2) is 29.6 Å². The number of aliphatic carboxylic acids is 1. The van der Waals surface area contributed by atoms with Gasteiger partial charge in [-0.2, -0.15) is 0 Å². The predicted molar refractivity (Wildman–Crippen MR) is 75.7 cm³/mol. The zero-order valence-corrected chi connectivity index (χ0v) is 12.3. The smallest absolute Gasteiger partial charge is 0.303 e. The molecule has 19 heavy (non-hydrogen) atoms. The monoisotopic (exact) mass is 272 g/mol. The van der Waals surface area contributed by atoms with E-state index in [1.54, 1.807) is 0 Å². The summed E-state index contributed by atoms with van der Waals surface area (Å²) in [7, 11) is 0. The summed E-state index contributed by atoms with van der Waals surface area (Å²) in [5.41, 5.74) is 5.78. The summed E-state index contributed by atoms with van der Waals surface area (Å²) in [6, 6.07) is -0.445. The Kier molecular flexibility index (Phi) is 9.21. The van der Waals surface area contributed by atoms with E-state index >= 15 is 0 Å². The van der Waals surface area contributed by atoms with E-state index in [-0.39, 0.29) is 12.3 Å². The van der Waals surface area contributed by atoms with Gasteiger partial charge in [-0.05, 0) is 31.1 Å². The number of nitrogens with two attached hydrogens (primary N) is 1. The highest BCUT2D eigenvalue weighted by atomic mass is 16.4. The van der Waals surface area contributed by atoms with Crippen molar-refractivity contribution >= 4 is 11.9 Å². The molecule has 0 spiro atoms. The molecule has 0 saturated carbocycles. The standard InChI is InChI=1S/C14H28N2O3/c1-4-11(5-6-13(17)18)7-8-16-14(19)12(15)9-10(2)3/h10-12H,4-9,15H2,1-3H3,(H,16,19)(H,17,18)/t11?,12-/m1/s1. The summed E-state index contributed by atoms with van der Waals surface area (Å²) in [6.07, 6.45) is 3.28. The zero-order chi connectivity index (χ0) is 14.8. The third-order valence-corrected chi connectivity index (χ3v) is 3.26. The second-order valence-corrected chi connectivity index (χ2v) is 5.52. The Labute approximate surface area is 115 Å². The van der Waals surface area contributed by atoms with Crippen LogP contribution in [0.15, 0.2) is 0 Å². The second-order valence-electron chi connectivity index (χ2n) is 5.52. The van der Waals surface area contributed by atoms with Crippen molar-refractivity contribution in [3.05, 3.63) is 0 Å². The largest absolute Gasteiger partial charge is 0.481 e. The molecule has 5 nitrogen and oxygen atoms in total. The Balaban J connectivity index is 3.86. The molecule has 2 atom stereocenters. The van der Waals surface area contributed by atoms with Crippen molar-refractivity contribution in [2.24, 2.45) is 17.6 Å². The first-order chi connectivity index (χ1) is 8.86. The van der Waals surface area contributed by atoms with Gasteiger partial charge in [0, 0.05) is 13.0 Å². The molecule has 0 rings (SSSR count). The number of rotatable bonds is 10. The zero-order valence-electron chi connectivity index (χ0n) is 12.3. The van der Waals surface area contributed by atoms with Crippen LogP contribution in [-0.2, 0) is 9.59 Å². The number of hydrogen-bond acceptors (Lipinski definition) is 3. The quantitative estimate of drug-likeness (QED) is 0.565. The summed E-state index contributed by atoms with van der Waals surface area (Å²) >= 11 is 0. The maximum atomic E-state index is 11.7. The van der Waals surface area contributed by atoms with Crippen LogP contribution in [0.25, 0.3) is 0 Å². The van der Waals surface area contributed by atoms with E-state index < -0.39 is 12.0 Å². The molecule has 0 fully saturated rings. The molecule has 0 radical (unpaired) electrons. The van der Waals surface area contributed by atoms with Crippen LogP contribution < -0.4 is 11.1 Å². The Morgan fingerprint density at radius 1 is 1.26 bits per heavy atom. The van der Waals surface area contributed by atoms with Crippen molar-refractivity contribution in [2.75, 3.05) is 6.54 Å². The van der Waals surface area contributed by atoms with E-state index in [0.29, 0.717) is 31.2 Å². The molecule has 0 aromatic heterocycles. The lowest BCUT2D eigenvalue weighted by molar-refractivity contribution is -0.137. The maximum Gasteiger partial charge on any atom is 0.303 e. The predicted octanol–water partition coefficient (Wildman–Crippen LogP) is 1.76. The van der Waals surface area contributed by atoms with Crippen LogP contribution >= 0.6 is 0 Å². The molecule has 4 N–H and O–H groups in total. The van der Waals surface area contributed by atoms with Gasteiger partial charge in [0.05, 0.1) is 6.04 Å². The van der Waals surface area contributed by atoms with Crippen LogP contribution in [0.2, 0.25) is 0 Å². The van der Waals surface area contributed by atoms with Gasteiger partial charge in [0.25, 0.3) is 0 Å². The molecule has 0 aromatic carbocycles. The average Bonchev–Trinajstić information content (AvgIpc) is 2.31. The fraction of sp³-hybridized carbons (Fsp3) is 0.857. The van der Waals surface area contributed by atoms with Crippen LogP contribution in [0.5, 0.6) is 0 Å². The summed E-state index contributed by atoms with van der Waals surface area (Å²) in [5.74, 6) is -0.124. The summed E-state index contributed by atoms with van der Waals surface area (Å²) in [4.78, 5) is 22.2. The molecule has 1 amide bonds. The fourth-order valence-electron chi connectivity index (χ4n) is 2.03. The van der Waals surface area contributed by atoms with Crippen molar-refractivity contribution in [1.29, 1.82) is 0 Å². The van der Waals surface area contributed by atoms with Crippen LogP contribution in [0.3, 0.4) is 0 Å². The minimum Gasteiger partial charge on any atom is -0.481 e. The minimum absolute atomic E-state index is 0.109. The van der Waals surface area contributed by atoms with Crippen LogP contribution in [0.1, 0.15) is 52.9 Å². The van der Waals surface area contributed by atoms with Gasteiger partial charge in [-0.15, -0.1) is 0 Å². The minimum atomic E-state index is -0.763. The lowest BCUT2D eigenvalue weighted by Gasteiger charge is -2.17. The van der Waals surface area contributed by atoms with Gasteiger partial charge in [0.2, 0.25) is 5.91 Å². The fourth-order valence-corrected chi connectivity index (χ4v) is 2.03. The number of carbonyl (C=O) groups is 2. The van der Waals surface area contributed by atoms with E-state index in [1.807, 2.05) is 20.8 Å². The summed E-state index contributed by atoms with van der Waals surface area (Å²) in [6.45, 7) is 6.68. The first-order valence-electron chi connectivity index (χ1n) is 7.11. The van der Waals surface area contributed by atoms with Gasteiger partial charge in [-0.25, -0.2) is 0 Å². The van der Waals surface area contributed by atoms with Crippen molar-refractivity contribution in [2.45, 2.75) is 58.9 Å². The molecule has 5 heteroatoms. The second kappa shape index (κ2) is 9.78. The highest BCUT2D eigenvalue weighted by Gasteiger charge is 2.15. The molecule has 0 bridgehead atoms. The lowest BCUT2D eigenvalue weighted by atomic mass is 9.96. The number of carbonyl (C=O) groups excluding carboxylic acids is 1. The van der Waals surface area contributed by atoms with Crippen molar-refractivity contribution in [3.63, 3.8) is 0 Å². The molecular formula is C14H28N2O3. The van der Waals surface area contributed by atoms with Crippen molar-refractivity contribution in [3.8, 4) is 0 Å². The van der Waals surface area contributed by atoms with Gasteiger partial charge < -0.3 is 16.2 Å². The van der Waals surface area contributed by atoms with Gasteiger partial charge in [0.15, 0.2) is 0 Å². The van der Waals surface area contributed by atoms with Crippen molar-refractivity contribution < 1.29 is 14.7 Å². The van der Waals surface area contributed by atoms with E-state index in [1.165, 1.54) is 0 Å². The SMILES string of the molecule is CCC(CCNC(=O)[C@H](N)CC(C)C)CCC(=O)O. The summed E-state index contributed by atoms with van der Waals surface area (Å²) in [5, 5.41) is 11.5. The lowest BCUT2D eigenvalue weighted by Crippen LogP contribution is -2.42. The molecule has 0 aliphatic rings. The van der Waals surface area contributed by atoms with E-state index in [4.69, 9.17) is 10.8 Å². The Bertz CT molecular complexity index is 280. The van der Waals surface area contributed by atoms with E-state index in [9.17, 15) is 9.59 Å². The molecule has 0 heterocycles. The molecular weight excluding hydrogens is 244 g/mol. The molecule has 112 valence electrons. The van der Waals surface area contributed by atoms with E-state index in [2.05, 4.69) is 5.32 Å². The van der Waals surface area contributed by atoms with Gasteiger partial charge in [0.1, 0.15) is 0 Å². The van der Waals surface area contributed by atoms with Gasteiger partial charge in [-0.3, -0.25) is 9.59 Å². The molecule has 0 aromatic rings. The first kappa shape index (κ1) is 17.9. The summed E-state index contributed by atoms with van der Waals surface area (Å²) < 4.78 is 0. The first-order valence-corrected chi connectivity index (χ1v) is 7.11. The Hall–Kier alpha value is -1.10. The molecule has 1 unspecified atom stereocenters. The van der Waals surface area contributed by atoms with Gasteiger partial charge >= 0.3 is 5.97 Å². The third kappa shape index (κ3) is 9.47. The normalized spacial score (nSPS) is 14.2. The Morgan fingerprint density at radius 2 is 1.89 bits per heavy atom. The maximum absolute atomic E-state index is 11.7. The Morgan fingerprint density at radius 3 is 2.37 bits per heavy atom. The number of carboxylic acids is 1.